The number of halogens is 1. The number of nitrogens with zero attached hydrogens (tertiary/aromatic N) is 2. The van der Waals surface area contributed by atoms with Crippen molar-refractivity contribution in [3.63, 3.8) is 0 Å². The van der Waals surface area contributed by atoms with E-state index in [4.69, 9.17) is 5.73 Å². The zero-order chi connectivity index (χ0) is 13.1. The van der Waals surface area contributed by atoms with E-state index < -0.39 is 0 Å². The van der Waals surface area contributed by atoms with Gasteiger partial charge in [-0.3, -0.25) is 0 Å². The maximum atomic E-state index is 14.1. The Balaban J connectivity index is 2.23. The quantitative estimate of drug-likeness (QED) is 0.891. The van der Waals surface area contributed by atoms with Crippen LogP contribution in [0.4, 0.5) is 10.1 Å². The number of nitrogens with two attached hydrogens (primary N) is 1. The van der Waals surface area contributed by atoms with Gasteiger partial charge < -0.3 is 15.5 Å². The van der Waals surface area contributed by atoms with Gasteiger partial charge in [-0.15, -0.1) is 0 Å². The minimum absolute atomic E-state index is 0.139. The van der Waals surface area contributed by atoms with Crippen molar-refractivity contribution in [3.05, 3.63) is 29.6 Å². The van der Waals surface area contributed by atoms with Crippen molar-refractivity contribution >= 4 is 5.69 Å². The van der Waals surface area contributed by atoms with Crippen LogP contribution in [0.2, 0.25) is 0 Å². The predicted molar refractivity (Wildman–Crippen MR) is 73.3 cm³/mol. The van der Waals surface area contributed by atoms with Crippen LogP contribution in [0, 0.1) is 5.82 Å². The van der Waals surface area contributed by atoms with E-state index >= 15 is 0 Å². The van der Waals surface area contributed by atoms with Gasteiger partial charge in [0.1, 0.15) is 5.82 Å². The van der Waals surface area contributed by atoms with Crippen molar-refractivity contribution in [2.24, 2.45) is 5.73 Å². The Hall–Kier alpha value is -1.13. The minimum atomic E-state index is -0.158. The maximum absolute atomic E-state index is 14.1. The first kappa shape index (κ1) is 13.3. The monoisotopic (exact) mass is 251 g/mol. The predicted octanol–water partition coefficient (Wildman–Crippen LogP) is 1.99. The molecule has 1 aliphatic heterocycles. The highest BCUT2D eigenvalue weighted by Crippen LogP contribution is 2.29. The molecule has 0 aliphatic carbocycles. The SMILES string of the molecule is CCN1CCN(c2c(F)cccc2[C@H](C)N)CC1. The van der Waals surface area contributed by atoms with Crippen molar-refractivity contribution in [3.8, 4) is 0 Å². The van der Waals surface area contributed by atoms with Crippen LogP contribution in [0.25, 0.3) is 0 Å². The van der Waals surface area contributed by atoms with E-state index in [0.717, 1.165) is 38.3 Å². The summed E-state index contributed by atoms with van der Waals surface area (Å²) in [6.45, 7) is 8.84. The summed E-state index contributed by atoms with van der Waals surface area (Å²) < 4.78 is 14.1. The van der Waals surface area contributed by atoms with E-state index in [9.17, 15) is 4.39 Å². The summed E-state index contributed by atoms with van der Waals surface area (Å²) in [6.07, 6.45) is 0. The van der Waals surface area contributed by atoms with Crippen LogP contribution in [0.1, 0.15) is 25.5 Å². The maximum Gasteiger partial charge on any atom is 0.146 e. The van der Waals surface area contributed by atoms with Crippen LogP contribution in [0.5, 0.6) is 0 Å². The van der Waals surface area contributed by atoms with E-state index in [1.54, 1.807) is 6.07 Å². The molecule has 0 aromatic heterocycles. The zero-order valence-electron chi connectivity index (χ0n) is 11.2. The minimum Gasteiger partial charge on any atom is -0.366 e. The summed E-state index contributed by atoms with van der Waals surface area (Å²) in [5, 5.41) is 0. The fourth-order valence-corrected chi connectivity index (χ4v) is 2.52. The Morgan fingerprint density at radius 2 is 1.94 bits per heavy atom. The highest BCUT2D eigenvalue weighted by atomic mass is 19.1. The van der Waals surface area contributed by atoms with Crippen LogP contribution in [0.15, 0.2) is 18.2 Å². The number of piperazine rings is 1. The third kappa shape index (κ3) is 2.65. The Morgan fingerprint density at radius 1 is 1.28 bits per heavy atom. The van der Waals surface area contributed by atoms with Crippen molar-refractivity contribution in [2.75, 3.05) is 37.6 Å². The molecule has 100 valence electrons. The summed E-state index contributed by atoms with van der Waals surface area (Å²) in [5.41, 5.74) is 7.54. The average molecular weight is 251 g/mol. The largest absolute Gasteiger partial charge is 0.366 e. The molecule has 0 bridgehead atoms. The van der Waals surface area contributed by atoms with E-state index in [1.807, 2.05) is 13.0 Å². The molecule has 1 saturated heterocycles. The van der Waals surface area contributed by atoms with Gasteiger partial charge in [0.2, 0.25) is 0 Å². The van der Waals surface area contributed by atoms with Gasteiger partial charge in [-0.05, 0) is 25.1 Å². The number of rotatable bonds is 3. The highest BCUT2D eigenvalue weighted by Gasteiger charge is 2.22. The van der Waals surface area contributed by atoms with Gasteiger partial charge in [-0.25, -0.2) is 4.39 Å². The van der Waals surface area contributed by atoms with Crippen molar-refractivity contribution < 1.29 is 4.39 Å². The summed E-state index contributed by atoms with van der Waals surface area (Å²) in [7, 11) is 0. The molecule has 1 aliphatic rings. The number of likely N-dealkylation sites (N-methyl/N-ethyl adjacent to an activating group) is 1. The topological polar surface area (TPSA) is 32.5 Å². The van der Waals surface area contributed by atoms with Crippen LogP contribution in [-0.4, -0.2) is 37.6 Å². The van der Waals surface area contributed by atoms with Gasteiger partial charge >= 0.3 is 0 Å². The molecule has 1 atom stereocenters. The molecular weight excluding hydrogens is 229 g/mol. The first-order chi connectivity index (χ1) is 8.63. The van der Waals surface area contributed by atoms with Gasteiger partial charge in [-0.2, -0.15) is 0 Å². The number of benzene rings is 1. The number of para-hydroxylation sites is 1. The zero-order valence-corrected chi connectivity index (χ0v) is 11.2. The molecule has 4 heteroatoms. The molecule has 1 aromatic carbocycles. The van der Waals surface area contributed by atoms with E-state index in [2.05, 4.69) is 16.7 Å². The summed E-state index contributed by atoms with van der Waals surface area (Å²) in [6, 6.07) is 5.04. The molecule has 2 N–H and O–H groups in total. The Bertz CT molecular complexity index is 398. The van der Waals surface area contributed by atoms with Crippen LogP contribution < -0.4 is 10.6 Å². The molecular formula is C14H22FN3. The van der Waals surface area contributed by atoms with Gasteiger partial charge in [0, 0.05) is 32.2 Å². The summed E-state index contributed by atoms with van der Waals surface area (Å²) >= 11 is 0. The molecule has 0 spiro atoms. The second-order valence-corrected chi connectivity index (χ2v) is 4.89. The van der Waals surface area contributed by atoms with Gasteiger partial charge in [-0.1, -0.05) is 19.1 Å². The molecule has 0 radical (unpaired) electrons. The number of hydrogen-bond acceptors (Lipinski definition) is 3. The lowest BCUT2D eigenvalue weighted by atomic mass is 10.0. The van der Waals surface area contributed by atoms with Crippen molar-refractivity contribution in [2.45, 2.75) is 19.9 Å². The normalized spacial score (nSPS) is 19.0. The molecule has 1 fully saturated rings. The molecule has 3 nitrogen and oxygen atoms in total. The lowest BCUT2D eigenvalue weighted by Gasteiger charge is -2.37. The van der Waals surface area contributed by atoms with E-state index in [-0.39, 0.29) is 11.9 Å². The molecule has 0 amide bonds. The third-order valence-corrected chi connectivity index (χ3v) is 3.64. The summed E-state index contributed by atoms with van der Waals surface area (Å²) in [5.74, 6) is -0.158. The smallest absolute Gasteiger partial charge is 0.146 e. The van der Waals surface area contributed by atoms with Crippen LogP contribution in [-0.2, 0) is 0 Å². The Kier molecular flexibility index (Phi) is 4.19. The van der Waals surface area contributed by atoms with Crippen LogP contribution in [0.3, 0.4) is 0 Å². The van der Waals surface area contributed by atoms with Crippen molar-refractivity contribution in [1.82, 2.24) is 4.90 Å². The standard InChI is InChI=1S/C14H22FN3/c1-3-17-7-9-18(10-8-17)14-12(11(2)16)5-4-6-13(14)15/h4-6,11H,3,7-10,16H2,1-2H3/t11-/m0/s1. The second kappa shape index (κ2) is 5.67. The molecule has 1 heterocycles. The second-order valence-electron chi connectivity index (χ2n) is 4.89. The fraction of sp³-hybridized carbons (Fsp3) is 0.571. The number of hydrogen-bond donors (Lipinski definition) is 1. The Labute approximate surface area is 108 Å². The molecule has 1 aromatic rings. The van der Waals surface area contributed by atoms with Crippen LogP contribution >= 0.6 is 0 Å². The summed E-state index contributed by atoms with van der Waals surface area (Å²) in [4.78, 5) is 4.50. The van der Waals surface area contributed by atoms with Gasteiger partial charge in [0.25, 0.3) is 0 Å². The molecule has 0 saturated carbocycles. The molecule has 18 heavy (non-hydrogen) atoms. The number of anilines is 1. The molecule has 2 rings (SSSR count). The Morgan fingerprint density at radius 3 is 2.50 bits per heavy atom. The van der Waals surface area contributed by atoms with Crippen molar-refractivity contribution in [1.29, 1.82) is 0 Å². The average Bonchev–Trinajstić information content (AvgIpc) is 2.38. The lowest BCUT2D eigenvalue weighted by molar-refractivity contribution is 0.270. The lowest BCUT2D eigenvalue weighted by Crippen LogP contribution is -2.46. The van der Waals surface area contributed by atoms with E-state index in [0.29, 0.717) is 5.69 Å². The fourth-order valence-electron chi connectivity index (χ4n) is 2.52. The van der Waals surface area contributed by atoms with Gasteiger partial charge in [0.05, 0.1) is 5.69 Å². The van der Waals surface area contributed by atoms with E-state index in [1.165, 1.54) is 6.07 Å². The third-order valence-electron chi connectivity index (χ3n) is 3.64. The first-order valence-electron chi connectivity index (χ1n) is 6.64. The molecule has 0 unspecified atom stereocenters. The first-order valence-corrected chi connectivity index (χ1v) is 6.64. The highest BCUT2D eigenvalue weighted by molar-refractivity contribution is 5.56. The van der Waals surface area contributed by atoms with Gasteiger partial charge in [0.15, 0.2) is 0 Å².